The molecule has 0 saturated carbocycles. The lowest BCUT2D eigenvalue weighted by molar-refractivity contribution is -0.176. The van der Waals surface area contributed by atoms with Crippen LogP contribution in [-0.2, 0) is 0 Å². The Labute approximate surface area is 115 Å². The molecule has 1 saturated heterocycles. The maximum Gasteiger partial charge on any atom is 0.393 e. The monoisotopic (exact) mass is 286 g/mol. The molecule has 3 N–H and O–H groups in total. The normalized spacial score (nSPS) is 20.0. The summed E-state index contributed by atoms with van der Waals surface area (Å²) in [5.74, 6) is -0.968. The molecule has 20 heavy (non-hydrogen) atoms. The summed E-state index contributed by atoms with van der Waals surface area (Å²) in [5, 5.41) is 7.43. The number of pyridine rings is 1. The van der Waals surface area contributed by atoms with Gasteiger partial charge in [0.1, 0.15) is 11.7 Å². The first-order chi connectivity index (χ1) is 9.27. The van der Waals surface area contributed by atoms with Gasteiger partial charge in [-0.3, -0.25) is 5.41 Å². The first-order valence-corrected chi connectivity index (χ1v) is 6.42. The smallest absolute Gasteiger partial charge is 0.384 e. The van der Waals surface area contributed by atoms with Crippen LogP contribution in [0.5, 0.6) is 0 Å². The van der Waals surface area contributed by atoms with E-state index >= 15 is 0 Å². The van der Waals surface area contributed by atoms with E-state index in [9.17, 15) is 13.2 Å². The summed E-state index contributed by atoms with van der Waals surface area (Å²) in [6, 6.07) is 3.23. The van der Waals surface area contributed by atoms with E-state index in [-0.39, 0.29) is 18.8 Å². The molecule has 0 spiro atoms. The average molecular weight is 286 g/mol. The summed E-state index contributed by atoms with van der Waals surface area (Å²) in [4.78, 5) is 5.89. The number of piperidine rings is 1. The van der Waals surface area contributed by atoms with Crippen LogP contribution in [0.25, 0.3) is 0 Å². The maximum absolute atomic E-state index is 12.8. The number of alkyl halides is 3. The minimum absolute atomic E-state index is 0.0860. The largest absolute Gasteiger partial charge is 0.393 e. The van der Waals surface area contributed by atoms with E-state index < -0.39 is 12.1 Å². The van der Waals surface area contributed by atoms with Gasteiger partial charge in [0.15, 0.2) is 0 Å². The van der Waals surface area contributed by atoms with Gasteiger partial charge in [-0.2, -0.15) is 13.2 Å². The van der Waals surface area contributed by atoms with Crippen LogP contribution in [0.15, 0.2) is 12.1 Å². The second kappa shape index (κ2) is 5.30. The number of nitrogen functional groups attached to an aromatic ring is 1. The lowest BCUT2D eigenvalue weighted by atomic mass is 9.97. The summed E-state index contributed by atoms with van der Waals surface area (Å²) in [6.07, 6.45) is -3.54. The van der Waals surface area contributed by atoms with Gasteiger partial charge in [-0.1, -0.05) is 0 Å². The molecule has 4 nitrogen and oxygen atoms in total. The van der Waals surface area contributed by atoms with Gasteiger partial charge in [0.05, 0.1) is 5.92 Å². The first-order valence-electron chi connectivity index (χ1n) is 6.42. The molecule has 0 bridgehead atoms. The number of hydrogen-bond acceptors (Lipinski definition) is 3. The highest BCUT2D eigenvalue weighted by Gasteiger charge is 2.42. The van der Waals surface area contributed by atoms with Crippen LogP contribution in [0.3, 0.4) is 0 Å². The molecule has 2 heterocycles. The fourth-order valence-electron chi connectivity index (χ4n) is 2.42. The van der Waals surface area contributed by atoms with Gasteiger partial charge < -0.3 is 10.6 Å². The summed E-state index contributed by atoms with van der Waals surface area (Å²) < 4.78 is 38.4. The Morgan fingerprint density at radius 3 is 2.75 bits per heavy atom. The van der Waals surface area contributed by atoms with E-state index in [1.807, 2.05) is 0 Å². The number of nitrogens with one attached hydrogen (secondary N) is 1. The Bertz CT molecular complexity index is 513. The lowest BCUT2D eigenvalue weighted by Crippen LogP contribution is -2.42. The summed E-state index contributed by atoms with van der Waals surface area (Å²) in [6.45, 7) is 2.19. The van der Waals surface area contributed by atoms with Crippen molar-refractivity contribution < 1.29 is 13.2 Å². The molecule has 1 aliphatic rings. The Kier molecular flexibility index (Phi) is 3.87. The van der Waals surface area contributed by atoms with Gasteiger partial charge in [0.2, 0.25) is 0 Å². The molecular weight excluding hydrogens is 269 g/mol. The van der Waals surface area contributed by atoms with Crippen LogP contribution < -0.4 is 10.6 Å². The van der Waals surface area contributed by atoms with Gasteiger partial charge in [0.25, 0.3) is 0 Å². The van der Waals surface area contributed by atoms with Crippen molar-refractivity contribution in [3.8, 4) is 0 Å². The standard InChI is InChI=1S/C13H17F3N4/c1-8-5-9(12(17)18)6-11(19-8)20-4-2-3-10(7-20)13(14,15)16/h5-6,10H,2-4,7H2,1H3,(H3,17,18). The Morgan fingerprint density at radius 2 is 2.15 bits per heavy atom. The number of rotatable bonds is 2. The molecule has 1 unspecified atom stereocenters. The Balaban J connectivity index is 2.25. The second-order valence-corrected chi connectivity index (χ2v) is 5.10. The molecule has 1 aliphatic heterocycles. The van der Waals surface area contributed by atoms with Crippen LogP contribution in [0.4, 0.5) is 19.0 Å². The Morgan fingerprint density at radius 1 is 1.45 bits per heavy atom. The first kappa shape index (κ1) is 14.6. The van der Waals surface area contributed by atoms with Crippen molar-refractivity contribution in [1.29, 1.82) is 5.41 Å². The molecule has 1 aromatic rings. The quantitative estimate of drug-likeness (QED) is 0.648. The van der Waals surface area contributed by atoms with Gasteiger partial charge in [-0.15, -0.1) is 0 Å². The number of hydrogen-bond donors (Lipinski definition) is 2. The van der Waals surface area contributed by atoms with Crippen molar-refractivity contribution in [1.82, 2.24) is 4.98 Å². The molecule has 0 aliphatic carbocycles. The number of aromatic nitrogens is 1. The topological polar surface area (TPSA) is 66.0 Å². The predicted octanol–water partition coefficient (Wildman–Crippen LogP) is 2.45. The minimum Gasteiger partial charge on any atom is -0.384 e. The number of nitrogens with zero attached hydrogens (tertiary/aromatic N) is 2. The van der Waals surface area contributed by atoms with E-state index in [2.05, 4.69) is 4.98 Å². The van der Waals surface area contributed by atoms with Crippen LogP contribution in [0.1, 0.15) is 24.1 Å². The molecule has 1 aromatic heterocycles. The third kappa shape index (κ3) is 3.20. The number of nitrogens with two attached hydrogens (primary N) is 1. The van der Waals surface area contributed by atoms with E-state index in [0.29, 0.717) is 30.0 Å². The number of amidine groups is 1. The van der Waals surface area contributed by atoms with Crippen LogP contribution in [0.2, 0.25) is 0 Å². The fourth-order valence-corrected chi connectivity index (χ4v) is 2.42. The maximum atomic E-state index is 12.8. The highest BCUT2D eigenvalue weighted by molar-refractivity contribution is 5.95. The highest BCUT2D eigenvalue weighted by atomic mass is 19.4. The molecule has 0 amide bonds. The van der Waals surface area contributed by atoms with Crippen molar-refractivity contribution in [2.45, 2.75) is 25.9 Å². The molecule has 1 atom stereocenters. The molecule has 2 rings (SSSR count). The van der Waals surface area contributed by atoms with E-state index in [1.165, 1.54) is 0 Å². The van der Waals surface area contributed by atoms with Gasteiger partial charge in [-0.05, 0) is 31.9 Å². The zero-order valence-corrected chi connectivity index (χ0v) is 11.2. The predicted molar refractivity (Wildman–Crippen MR) is 71.0 cm³/mol. The van der Waals surface area contributed by atoms with Crippen molar-refractivity contribution >= 4 is 11.7 Å². The molecule has 7 heteroatoms. The fraction of sp³-hybridized carbons (Fsp3) is 0.538. The minimum atomic E-state index is -4.17. The lowest BCUT2D eigenvalue weighted by Gasteiger charge is -2.34. The van der Waals surface area contributed by atoms with E-state index in [0.717, 1.165) is 0 Å². The number of anilines is 1. The van der Waals surface area contributed by atoms with Crippen molar-refractivity contribution in [2.24, 2.45) is 11.7 Å². The molecule has 110 valence electrons. The summed E-state index contributed by atoms with van der Waals surface area (Å²) in [5.41, 5.74) is 6.56. The summed E-state index contributed by atoms with van der Waals surface area (Å²) in [7, 11) is 0. The van der Waals surface area contributed by atoms with Crippen molar-refractivity contribution in [2.75, 3.05) is 18.0 Å². The molecule has 0 aromatic carbocycles. The van der Waals surface area contributed by atoms with Crippen molar-refractivity contribution in [3.05, 3.63) is 23.4 Å². The second-order valence-electron chi connectivity index (χ2n) is 5.10. The summed E-state index contributed by atoms with van der Waals surface area (Å²) >= 11 is 0. The SMILES string of the molecule is Cc1cc(C(=N)N)cc(N2CCCC(C(F)(F)F)C2)n1. The highest BCUT2D eigenvalue weighted by Crippen LogP contribution is 2.34. The van der Waals surface area contributed by atoms with Crippen LogP contribution >= 0.6 is 0 Å². The van der Waals surface area contributed by atoms with E-state index in [1.54, 1.807) is 24.0 Å². The van der Waals surface area contributed by atoms with E-state index in [4.69, 9.17) is 11.1 Å². The van der Waals surface area contributed by atoms with Crippen LogP contribution in [0, 0.1) is 18.3 Å². The van der Waals surface area contributed by atoms with Crippen LogP contribution in [-0.4, -0.2) is 30.1 Å². The zero-order valence-electron chi connectivity index (χ0n) is 11.2. The van der Waals surface area contributed by atoms with Crippen molar-refractivity contribution in [3.63, 3.8) is 0 Å². The number of halogens is 3. The van der Waals surface area contributed by atoms with Gasteiger partial charge >= 0.3 is 6.18 Å². The van der Waals surface area contributed by atoms with Gasteiger partial charge in [-0.25, -0.2) is 4.98 Å². The van der Waals surface area contributed by atoms with Gasteiger partial charge in [0, 0.05) is 24.3 Å². The number of aryl methyl sites for hydroxylation is 1. The average Bonchev–Trinajstić information content (AvgIpc) is 2.37. The molecular formula is C13H17F3N4. The Hall–Kier alpha value is -1.79. The zero-order chi connectivity index (χ0) is 14.9. The third-order valence-corrected chi connectivity index (χ3v) is 3.46. The third-order valence-electron chi connectivity index (χ3n) is 3.46. The molecule has 0 radical (unpaired) electrons. The molecule has 1 fully saturated rings.